The largest absolute Gasteiger partial charge is 0.372 e. The lowest BCUT2D eigenvalue weighted by atomic mass is 10.0. The molecule has 0 spiro atoms. The second-order valence-electron chi connectivity index (χ2n) is 5.02. The summed E-state index contributed by atoms with van der Waals surface area (Å²) >= 11 is 0. The summed E-state index contributed by atoms with van der Waals surface area (Å²) in [6, 6.07) is 14.9. The van der Waals surface area contributed by atoms with Crippen molar-refractivity contribution in [2.75, 3.05) is 18.0 Å². The Bertz CT molecular complexity index is 617. The van der Waals surface area contributed by atoms with Gasteiger partial charge >= 0.3 is 0 Å². The van der Waals surface area contributed by atoms with Gasteiger partial charge < -0.3 is 4.90 Å². The van der Waals surface area contributed by atoms with E-state index >= 15 is 0 Å². The van der Waals surface area contributed by atoms with Gasteiger partial charge in [0.05, 0.1) is 10.5 Å². The standard InChI is InChI=1S/C16H16N2O2/c19-18(20)16-6-2-1-5-15(16)13-7-9-14(10-8-13)17-11-3-4-12-17/h1-2,5-10H,3-4,11-12H2. The fraction of sp³-hybridized carbons (Fsp3) is 0.250. The molecule has 1 fully saturated rings. The number of hydrogen-bond acceptors (Lipinski definition) is 3. The van der Waals surface area contributed by atoms with E-state index in [4.69, 9.17) is 0 Å². The highest BCUT2D eigenvalue weighted by molar-refractivity contribution is 5.74. The minimum Gasteiger partial charge on any atom is -0.372 e. The third kappa shape index (κ3) is 2.37. The Morgan fingerprint density at radius 2 is 1.60 bits per heavy atom. The first-order valence-corrected chi connectivity index (χ1v) is 6.84. The van der Waals surface area contributed by atoms with Crippen molar-refractivity contribution < 1.29 is 4.92 Å². The topological polar surface area (TPSA) is 46.4 Å². The number of rotatable bonds is 3. The predicted octanol–water partition coefficient (Wildman–Crippen LogP) is 3.86. The summed E-state index contributed by atoms with van der Waals surface area (Å²) in [4.78, 5) is 13.1. The summed E-state index contributed by atoms with van der Waals surface area (Å²) in [5.41, 5.74) is 2.91. The number of nitrogens with zero attached hydrogens (tertiary/aromatic N) is 2. The minimum atomic E-state index is -0.330. The molecule has 1 heterocycles. The lowest BCUT2D eigenvalue weighted by Crippen LogP contribution is -2.17. The van der Waals surface area contributed by atoms with Gasteiger partial charge in [0, 0.05) is 24.8 Å². The van der Waals surface area contributed by atoms with Crippen LogP contribution in [-0.4, -0.2) is 18.0 Å². The van der Waals surface area contributed by atoms with Gasteiger partial charge in [0.1, 0.15) is 0 Å². The van der Waals surface area contributed by atoms with Crippen molar-refractivity contribution in [3.63, 3.8) is 0 Å². The van der Waals surface area contributed by atoms with Crippen LogP contribution >= 0.6 is 0 Å². The maximum absolute atomic E-state index is 11.1. The van der Waals surface area contributed by atoms with Gasteiger partial charge in [-0.3, -0.25) is 10.1 Å². The van der Waals surface area contributed by atoms with E-state index in [0.717, 1.165) is 18.7 Å². The highest BCUT2D eigenvalue weighted by atomic mass is 16.6. The highest BCUT2D eigenvalue weighted by Gasteiger charge is 2.15. The normalized spacial score (nSPS) is 14.5. The Morgan fingerprint density at radius 1 is 0.950 bits per heavy atom. The van der Waals surface area contributed by atoms with E-state index in [1.165, 1.54) is 18.5 Å². The van der Waals surface area contributed by atoms with E-state index in [1.54, 1.807) is 18.2 Å². The number of benzene rings is 2. The smallest absolute Gasteiger partial charge is 0.277 e. The van der Waals surface area contributed by atoms with Crippen LogP contribution in [0.3, 0.4) is 0 Å². The molecule has 4 heteroatoms. The third-order valence-corrected chi connectivity index (χ3v) is 3.75. The zero-order valence-corrected chi connectivity index (χ0v) is 11.2. The highest BCUT2D eigenvalue weighted by Crippen LogP contribution is 2.31. The van der Waals surface area contributed by atoms with Gasteiger partial charge in [0.2, 0.25) is 0 Å². The molecule has 0 saturated carbocycles. The maximum Gasteiger partial charge on any atom is 0.277 e. The van der Waals surface area contributed by atoms with Crippen molar-refractivity contribution in [1.82, 2.24) is 0 Å². The average Bonchev–Trinajstić information content (AvgIpc) is 3.02. The van der Waals surface area contributed by atoms with Crippen LogP contribution in [-0.2, 0) is 0 Å². The molecule has 1 saturated heterocycles. The molecule has 0 unspecified atom stereocenters. The molecular formula is C16H16N2O2. The molecule has 0 aliphatic carbocycles. The molecule has 0 N–H and O–H groups in total. The van der Waals surface area contributed by atoms with E-state index in [-0.39, 0.29) is 10.6 Å². The summed E-state index contributed by atoms with van der Waals surface area (Å²) in [5, 5.41) is 11.1. The molecule has 0 atom stereocenters. The van der Waals surface area contributed by atoms with Crippen LogP contribution in [0.4, 0.5) is 11.4 Å². The van der Waals surface area contributed by atoms with E-state index in [1.807, 2.05) is 18.2 Å². The van der Waals surface area contributed by atoms with Crippen LogP contribution in [0.1, 0.15) is 12.8 Å². The van der Waals surface area contributed by atoms with Crippen LogP contribution in [0.5, 0.6) is 0 Å². The molecule has 1 aliphatic rings. The zero-order valence-electron chi connectivity index (χ0n) is 11.2. The molecule has 1 aliphatic heterocycles. The SMILES string of the molecule is O=[N+]([O-])c1ccccc1-c1ccc(N2CCCC2)cc1. The predicted molar refractivity (Wildman–Crippen MR) is 80.0 cm³/mol. The molecular weight excluding hydrogens is 252 g/mol. The Kier molecular flexibility index (Phi) is 3.37. The van der Waals surface area contributed by atoms with E-state index in [2.05, 4.69) is 17.0 Å². The van der Waals surface area contributed by atoms with Crippen molar-refractivity contribution in [2.24, 2.45) is 0 Å². The second kappa shape index (κ2) is 5.33. The number of nitro benzene ring substituents is 1. The number of anilines is 1. The van der Waals surface area contributed by atoms with Crippen LogP contribution in [0.25, 0.3) is 11.1 Å². The lowest BCUT2D eigenvalue weighted by molar-refractivity contribution is -0.384. The third-order valence-electron chi connectivity index (χ3n) is 3.75. The molecule has 0 radical (unpaired) electrons. The van der Waals surface area contributed by atoms with Crippen molar-refractivity contribution in [3.8, 4) is 11.1 Å². The van der Waals surface area contributed by atoms with E-state index in [9.17, 15) is 10.1 Å². The monoisotopic (exact) mass is 268 g/mol. The van der Waals surface area contributed by atoms with Crippen LogP contribution in [0.15, 0.2) is 48.5 Å². The molecule has 0 bridgehead atoms. The van der Waals surface area contributed by atoms with Gasteiger partial charge in [-0.2, -0.15) is 0 Å². The van der Waals surface area contributed by atoms with Crippen molar-refractivity contribution >= 4 is 11.4 Å². The summed E-state index contributed by atoms with van der Waals surface area (Å²) in [5.74, 6) is 0. The first kappa shape index (κ1) is 12.7. The number of hydrogen-bond donors (Lipinski definition) is 0. The lowest BCUT2D eigenvalue weighted by Gasteiger charge is -2.17. The fourth-order valence-electron chi connectivity index (χ4n) is 2.70. The van der Waals surface area contributed by atoms with Gasteiger partial charge in [-0.25, -0.2) is 0 Å². The zero-order chi connectivity index (χ0) is 13.9. The molecule has 102 valence electrons. The number of para-hydroxylation sites is 1. The van der Waals surface area contributed by atoms with Gasteiger partial charge in [-0.1, -0.05) is 24.3 Å². The molecule has 4 nitrogen and oxygen atoms in total. The minimum absolute atomic E-state index is 0.154. The Labute approximate surface area is 117 Å². The average molecular weight is 268 g/mol. The molecule has 20 heavy (non-hydrogen) atoms. The molecule has 0 aromatic heterocycles. The Hall–Kier alpha value is -2.36. The number of nitro groups is 1. The van der Waals surface area contributed by atoms with Crippen LogP contribution < -0.4 is 4.90 Å². The summed E-state index contributed by atoms with van der Waals surface area (Å²) in [6.45, 7) is 2.20. The first-order chi connectivity index (χ1) is 9.75. The Balaban J connectivity index is 1.93. The quantitative estimate of drug-likeness (QED) is 0.627. The first-order valence-electron chi connectivity index (χ1n) is 6.84. The van der Waals surface area contributed by atoms with Crippen molar-refractivity contribution in [3.05, 3.63) is 58.6 Å². The van der Waals surface area contributed by atoms with Crippen LogP contribution in [0.2, 0.25) is 0 Å². The second-order valence-corrected chi connectivity index (χ2v) is 5.02. The van der Waals surface area contributed by atoms with Gasteiger partial charge in [-0.05, 0) is 36.6 Å². The summed E-state index contributed by atoms with van der Waals surface area (Å²) < 4.78 is 0. The molecule has 3 rings (SSSR count). The maximum atomic E-state index is 11.1. The molecule has 0 amide bonds. The van der Waals surface area contributed by atoms with Gasteiger partial charge in [0.15, 0.2) is 0 Å². The van der Waals surface area contributed by atoms with Crippen molar-refractivity contribution in [2.45, 2.75) is 12.8 Å². The van der Waals surface area contributed by atoms with Crippen LogP contribution in [0, 0.1) is 10.1 Å². The van der Waals surface area contributed by atoms with Crippen molar-refractivity contribution in [1.29, 1.82) is 0 Å². The Morgan fingerprint density at radius 3 is 2.25 bits per heavy atom. The van der Waals surface area contributed by atoms with E-state index in [0.29, 0.717) is 5.56 Å². The fourth-order valence-corrected chi connectivity index (χ4v) is 2.70. The van der Waals surface area contributed by atoms with E-state index < -0.39 is 0 Å². The summed E-state index contributed by atoms with van der Waals surface area (Å²) in [7, 11) is 0. The molecule has 2 aromatic rings. The molecule has 2 aromatic carbocycles. The van der Waals surface area contributed by atoms with Gasteiger partial charge in [0.25, 0.3) is 5.69 Å². The summed E-state index contributed by atoms with van der Waals surface area (Å²) in [6.07, 6.45) is 2.48. The van der Waals surface area contributed by atoms with Gasteiger partial charge in [-0.15, -0.1) is 0 Å².